The number of esters is 1. The van der Waals surface area contributed by atoms with Crippen LogP contribution in [0.5, 0.6) is 5.75 Å². The number of hydrazone groups is 1. The molecule has 0 aliphatic heterocycles. The van der Waals surface area contributed by atoms with Crippen molar-refractivity contribution in [1.29, 1.82) is 0 Å². The number of nitrogens with zero attached hydrogens (tertiary/aromatic N) is 1. The van der Waals surface area contributed by atoms with Gasteiger partial charge in [-0.3, -0.25) is 5.43 Å². The van der Waals surface area contributed by atoms with Gasteiger partial charge in [0.25, 0.3) is 0 Å². The van der Waals surface area contributed by atoms with Crippen molar-refractivity contribution in [1.82, 2.24) is 0 Å². The Balaban J connectivity index is 2.77. The second-order valence-electron chi connectivity index (χ2n) is 2.71. The molecule has 0 aromatic heterocycles. The number of halogens is 1. The van der Waals surface area contributed by atoms with Gasteiger partial charge in [-0.25, -0.2) is 4.79 Å². The predicted octanol–water partition coefficient (Wildman–Crippen LogP) is 1.83. The normalized spacial score (nSPS) is 10.8. The summed E-state index contributed by atoms with van der Waals surface area (Å²) in [5.41, 5.74) is 3.21. The molecule has 0 heterocycles. The summed E-state index contributed by atoms with van der Waals surface area (Å²) in [4.78, 5) is 10.9. The molecular weight excluding hydrogens is 232 g/mol. The third-order valence-corrected chi connectivity index (χ3v) is 1.97. The van der Waals surface area contributed by atoms with Crippen LogP contribution in [0.4, 0.5) is 5.69 Å². The van der Waals surface area contributed by atoms with E-state index < -0.39 is 5.97 Å². The quantitative estimate of drug-likeness (QED) is 0.497. The molecule has 0 aliphatic carbocycles. The molecule has 0 spiro atoms. The number of nitrogens with one attached hydrogen (secondary N) is 1. The molecule has 0 radical (unpaired) electrons. The molecule has 0 saturated heterocycles. The number of para-hydroxylation sites is 2. The Morgan fingerprint density at radius 3 is 2.69 bits per heavy atom. The van der Waals surface area contributed by atoms with Crippen LogP contribution in [0.3, 0.4) is 0 Å². The van der Waals surface area contributed by atoms with Crippen molar-refractivity contribution in [2.75, 3.05) is 19.6 Å². The van der Waals surface area contributed by atoms with Crippen LogP contribution in [0.25, 0.3) is 0 Å². The first kappa shape index (κ1) is 12.3. The van der Waals surface area contributed by atoms with Crippen LogP contribution in [0, 0.1) is 0 Å². The molecule has 0 amide bonds. The summed E-state index contributed by atoms with van der Waals surface area (Å²) in [6, 6.07) is 7.11. The summed E-state index contributed by atoms with van der Waals surface area (Å²) < 4.78 is 9.46. The lowest BCUT2D eigenvalue weighted by Gasteiger charge is -2.06. The van der Waals surface area contributed by atoms with Crippen molar-refractivity contribution < 1.29 is 14.3 Å². The second kappa shape index (κ2) is 5.97. The molecule has 1 aromatic rings. The van der Waals surface area contributed by atoms with Crippen LogP contribution < -0.4 is 10.2 Å². The van der Waals surface area contributed by atoms with Crippen LogP contribution in [-0.2, 0) is 9.53 Å². The summed E-state index contributed by atoms with van der Waals surface area (Å²) in [5.74, 6) is -0.107. The van der Waals surface area contributed by atoms with E-state index in [1.54, 1.807) is 18.2 Å². The molecule has 1 N–H and O–H groups in total. The SMILES string of the molecule is COC(=O)/C(Cl)=N\Nc1ccccc1OC. The van der Waals surface area contributed by atoms with E-state index in [9.17, 15) is 4.79 Å². The molecule has 0 unspecified atom stereocenters. The fraction of sp³-hybridized carbons (Fsp3) is 0.200. The number of anilines is 1. The van der Waals surface area contributed by atoms with Crippen molar-refractivity contribution in [2.24, 2.45) is 5.10 Å². The molecule has 0 aliphatic rings. The third-order valence-electron chi connectivity index (χ3n) is 1.74. The van der Waals surface area contributed by atoms with E-state index in [1.165, 1.54) is 14.2 Å². The Hall–Kier alpha value is -1.75. The van der Waals surface area contributed by atoms with Gasteiger partial charge in [-0.1, -0.05) is 23.7 Å². The molecule has 5 nitrogen and oxygen atoms in total. The van der Waals surface area contributed by atoms with Gasteiger partial charge in [-0.05, 0) is 12.1 Å². The Bertz CT molecular complexity index is 407. The highest BCUT2D eigenvalue weighted by Gasteiger charge is 2.08. The monoisotopic (exact) mass is 242 g/mol. The van der Waals surface area contributed by atoms with Gasteiger partial charge in [-0.2, -0.15) is 5.10 Å². The van der Waals surface area contributed by atoms with E-state index in [0.29, 0.717) is 11.4 Å². The molecule has 6 heteroatoms. The van der Waals surface area contributed by atoms with Gasteiger partial charge < -0.3 is 9.47 Å². The fourth-order valence-electron chi connectivity index (χ4n) is 0.976. The Morgan fingerprint density at radius 1 is 1.38 bits per heavy atom. The van der Waals surface area contributed by atoms with Gasteiger partial charge in [0.2, 0.25) is 5.17 Å². The van der Waals surface area contributed by atoms with Crippen LogP contribution >= 0.6 is 11.6 Å². The lowest BCUT2D eigenvalue weighted by Crippen LogP contribution is -2.11. The standard InChI is InChI=1S/C10H11ClN2O3/c1-15-8-6-4-3-5-7(8)12-13-9(11)10(14)16-2/h3-6,12H,1-2H3/b13-9+. The average molecular weight is 243 g/mol. The Morgan fingerprint density at radius 2 is 2.06 bits per heavy atom. The predicted molar refractivity (Wildman–Crippen MR) is 61.9 cm³/mol. The van der Waals surface area contributed by atoms with E-state index in [1.807, 2.05) is 6.07 Å². The zero-order valence-corrected chi connectivity index (χ0v) is 9.62. The van der Waals surface area contributed by atoms with E-state index >= 15 is 0 Å². The van der Waals surface area contributed by atoms with Crippen molar-refractivity contribution in [3.8, 4) is 5.75 Å². The molecule has 0 saturated carbocycles. The van der Waals surface area contributed by atoms with Crippen LogP contribution in [0.1, 0.15) is 0 Å². The second-order valence-corrected chi connectivity index (χ2v) is 3.06. The molecule has 86 valence electrons. The van der Waals surface area contributed by atoms with Gasteiger partial charge in [0.05, 0.1) is 19.9 Å². The van der Waals surface area contributed by atoms with E-state index in [-0.39, 0.29) is 5.17 Å². The van der Waals surface area contributed by atoms with Crippen LogP contribution in [0.15, 0.2) is 29.4 Å². The summed E-state index contributed by atoms with van der Waals surface area (Å²) in [6.45, 7) is 0. The average Bonchev–Trinajstić information content (AvgIpc) is 2.35. The lowest BCUT2D eigenvalue weighted by atomic mass is 10.3. The van der Waals surface area contributed by atoms with Crippen molar-refractivity contribution in [3.63, 3.8) is 0 Å². The van der Waals surface area contributed by atoms with Gasteiger partial charge in [0, 0.05) is 0 Å². The molecule has 0 fully saturated rings. The summed E-state index contributed by atoms with van der Waals surface area (Å²) in [5, 5.41) is 3.37. The zero-order chi connectivity index (χ0) is 12.0. The Kier molecular flexibility index (Phi) is 4.60. The first-order valence-electron chi connectivity index (χ1n) is 4.39. The summed E-state index contributed by atoms with van der Waals surface area (Å²) in [6.07, 6.45) is 0. The van der Waals surface area contributed by atoms with Gasteiger partial charge in [0.1, 0.15) is 5.75 Å². The zero-order valence-electron chi connectivity index (χ0n) is 8.86. The Labute approximate surface area is 98.0 Å². The molecular formula is C10H11ClN2O3. The summed E-state index contributed by atoms with van der Waals surface area (Å²) in [7, 11) is 2.76. The van der Waals surface area contributed by atoms with Crippen LogP contribution in [-0.4, -0.2) is 25.4 Å². The third kappa shape index (κ3) is 3.13. The minimum atomic E-state index is -0.705. The number of benzene rings is 1. The molecule has 1 rings (SSSR count). The number of rotatable bonds is 4. The highest BCUT2D eigenvalue weighted by Crippen LogP contribution is 2.22. The molecule has 0 bridgehead atoms. The van der Waals surface area contributed by atoms with Gasteiger partial charge >= 0.3 is 5.97 Å². The van der Waals surface area contributed by atoms with E-state index in [0.717, 1.165) is 0 Å². The molecule has 1 aromatic carbocycles. The number of carbonyl (C=O) groups excluding carboxylic acids is 1. The fourth-order valence-corrected chi connectivity index (χ4v) is 1.10. The van der Waals surface area contributed by atoms with E-state index in [4.69, 9.17) is 16.3 Å². The van der Waals surface area contributed by atoms with Gasteiger partial charge in [-0.15, -0.1) is 0 Å². The maximum Gasteiger partial charge on any atom is 0.370 e. The largest absolute Gasteiger partial charge is 0.495 e. The van der Waals surface area contributed by atoms with Crippen LogP contribution in [0.2, 0.25) is 0 Å². The molecule has 16 heavy (non-hydrogen) atoms. The number of ether oxygens (including phenoxy) is 2. The number of hydrogen-bond donors (Lipinski definition) is 1. The van der Waals surface area contributed by atoms with Crippen molar-refractivity contribution >= 4 is 28.4 Å². The number of hydrogen-bond acceptors (Lipinski definition) is 5. The number of methoxy groups -OCH3 is 2. The smallest absolute Gasteiger partial charge is 0.370 e. The first-order chi connectivity index (χ1) is 7.69. The molecule has 0 atom stereocenters. The highest BCUT2D eigenvalue weighted by molar-refractivity contribution is 6.82. The maximum absolute atomic E-state index is 10.9. The topological polar surface area (TPSA) is 59.9 Å². The first-order valence-corrected chi connectivity index (χ1v) is 4.77. The highest BCUT2D eigenvalue weighted by atomic mass is 35.5. The van der Waals surface area contributed by atoms with E-state index in [2.05, 4.69) is 15.3 Å². The summed E-state index contributed by atoms with van der Waals surface area (Å²) >= 11 is 5.55. The minimum absolute atomic E-state index is 0.284. The minimum Gasteiger partial charge on any atom is -0.495 e. The number of carbonyl (C=O) groups is 1. The van der Waals surface area contributed by atoms with Crippen molar-refractivity contribution in [2.45, 2.75) is 0 Å². The lowest BCUT2D eigenvalue weighted by molar-refractivity contribution is -0.132. The maximum atomic E-state index is 10.9. The van der Waals surface area contributed by atoms with Gasteiger partial charge in [0.15, 0.2) is 0 Å². The van der Waals surface area contributed by atoms with Crippen molar-refractivity contribution in [3.05, 3.63) is 24.3 Å².